The Bertz CT molecular complexity index is 463. The Labute approximate surface area is 119 Å². The van der Waals surface area contributed by atoms with Crippen molar-refractivity contribution in [3.63, 3.8) is 0 Å². The third-order valence-electron chi connectivity index (χ3n) is 3.27. The van der Waals surface area contributed by atoms with E-state index in [1.54, 1.807) is 0 Å². The minimum absolute atomic E-state index is 0.0280. The number of fused-ring (bicyclic) bond motifs is 1. The predicted octanol–water partition coefficient (Wildman–Crippen LogP) is 1.57. The predicted molar refractivity (Wildman–Crippen MR) is 75.0 cm³/mol. The lowest BCUT2D eigenvalue weighted by Gasteiger charge is -2.30. The van der Waals surface area contributed by atoms with Crippen LogP contribution in [0.5, 0.6) is 11.5 Å². The van der Waals surface area contributed by atoms with Crippen molar-refractivity contribution in [1.82, 2.24) is 4.90 Å². The van der Waals surface area contributed by atoms with Gasteiger partial charge in [-0.05, 0) is 19.2 Å². The summed E-state index contributed by atoms with van der Waals surface area (Å²) in [6.07, 6.45) is -0.0280. The number of rotatable bonds is 5. The van der Waals surface area contributed by atoms with Crippen molar-refractivity contribution < 1.29 is 19.0 Å². The second kappa shape index (κ2) is 6.61. The number of methoxy groups -OCH3 is 1. The van der Waals surface area contributed by atoms with Gasteiger partial charge in [0, 0.05) is 13.1 Å². The summed E-state index contributed by atoms with van der Waals surface area (Å²) in [4.78, 5) is 13.5. The van der Waals surface area contributed by atoms with Crippen LogP contribution in [0.3, 0.4) is 0 Å². The maximum Gasteiger partial charge on any atom is 0.309 e. The van der Waals surface area contributed by atoms with Crippen LogP contribution in [-0.2, 0) is 9.53 Å². The van der Waals surface area contributed by atoms with Gasteiger partial charge in [-0.3, -0.25) is 4.79 Å². The highest BCUT2D eigenvalue weighted by molar-refractivity contribution is 5.72. The van der Waals surface area contributed by atoms with E-state index in [1.165, 1.54) is 7.11 Å². The number of benzene rings is 1. The number of carbonyl (C=O) groups excluding carboxylic acids is 1. The van der Waals surface area contributed by atoms with Crippen molar-refractivity contribution in [2.24, 2.45) is 5.92 Å². The van der Waals surface area contributed by atoms with Gasteiger partial charge in [0.15, 0.2) is 11.5 Å². The molecule has 1 heterocycles. The maximum atomic E-state index is 11.4. The van der Waals surface area contributed by atoms with Gasteiger partial charge < -0.3 is 19.1 Å². The van der Waals surface area contributed by atoms with Gasteiger partial charge in [-0.15, -0.1) is 0 Å². The van der Waals surface area contributed by atoms with Crippen LogP contribution in [0.15, 0.2) is 24.3 Å². The van der Waals surface area contributed by atoms with E-state index in [2.05, 4.69) is 4.90 Å². The largest absolute Gasteiger partial charge is 0.486 e. The van der Waals surface area contributed by atoms with Crippen LogP contribution < -0.4 is 9.47 Å². The Kier molecular flexibility index (Phi) is 4.84. The molecule has 1 aromatic rings. The number of ether oxygens (including phenoxy) is 3. The summed E-state index contributed by atoms with van der Waals surface area (Å²) in [5.41, 5.74) is 0. The molecule has 0 bridgehead atoms. The van der Waals surface area contributed by atoms with E-state index in [0.29, 0.717) is 19.7 Å². The Balaban J connectivity index is 1.84. The molecule has 5 nitrogen and oxygen atoms in total. The standard InChI is InChI=1S/C15H21NO4/c1-11(15(17)18-3)8-16(2)9-12-10-19-13-6-4-5-7-14(13)20-12/h4-7,11-12H,8-10H2,1-3H3. The van der Waals surface area contributed by atoms with Crippen molar-refractivity contribution in [2.45, 2.75) is 13.0 Å². The van der Waals surface area contributed by atoms with Gasteiger partial charge >= 0.3 is 5.97 Å². The third-order valence-corrected chi connectivity index (χ3v) is 3.27. The molecule has 2 rings (SSSR count). The number of esters is 1. The Morgan fingerprint density at radius 2 is 2.15 bits per heavy atom. The fourth-order valence-electron chi connectivity index (χ4n) is 2.32. The molecule has 0 N–H and O–H groups in total. The molecule has 1 aromatic carbocycles. The van der Waals surface area contributed by atoms with E-state index in [1.807, 2.05) is 38.2 Å². The van der Waals surface area contributed by atoms with E-state index in [4.69, 9.17) is 14.2 Å². The van der Waals surface area contributed by atoms with Crippen LogP contribution in [0.25, 0.3) is 0 Å². The van der Waals surface area contributed by atoms with E-state index in [-0.39, 0.29) is 18.0 Å². The fourth-order valence-corrected chi connectivity index (χ4v) is 2.32. The first-order valence-corrected chi connectivity index (χ1v) is 6.75. The topological polar surface area (TPSA) is 48.0 Å². The SMILES string of the molecule is COC(=O)C(C)CN(C)CC1COc2ccccc2O1. The lowest BCUT2D eigenvalue weighted by atomic mass is 10.1. The highest BCUT2D eigenvalue weighted by Gasteiger charge is 2.23. The summed E-state index contributed by atoms with van der Waals surface area (Å²) in [5.74, 6) is 1.22. The summed E-state index contributed by atoms with van der Waals surface area (Å²) < 4.78 is 16.3. The average Bonchev–Trinajstić information content (AvgIpc) is 2.46. The molecule has 0 aromatic heterocycles. The molecule has 2 unspecified atom stereocenters. The summed E-state index contributed by atoms with van der Waals surface area (Å²) in [6, 6.07) is 7.65. The summed E-state index contributed by atoms with van der Waals surface area (Å²) in [6.45, 7) is 3.72. The molecule has 2 atom stereocenters. The smallest absolute Gasteiger partial charge is 0.309 e. The van der Waals surface area contributed by atoms with Crippen molar-refractivity contribution in [3.8, 4) is 11.5 Å². The number of para-hydroxylation sites is 2. The monoisotopic (exact) mass is 279 g/mol. The lowest BCUT2D eigenvalue weighted by molar-refractivity contribution is -0.145. The second-order valence-electron chi connectivity index (χ2n) is 5.14. The van der Waals surface area contributed by atoms with Crippen molar-refractivity contribution in [1.29, 1.82) is 0 Å². The highest BCUT2D eigenvalue weighted by atomic mass is 16.6. The van der Waals surface area contributed by atoms with E-state index < -0.39 is 0 Å². The first kappa shape index (κ1) is 14.7. The van der Waals surface area contributed by atoms with Crippen LogP contribution in [-0.4, -0.2) is 50.8 Å². The molecule has 5 heteroatoms. The highest BCUT2D eigenvalue weighted by Crippen LogP contribution is 2.30. The molecular formula is C15H21NO4. The minimum atomic E-state index is -0.192. The number of carbonyl (C=O) groups is 1. The molecule has 1 aliphatic heterocycles. The summed E-state index contributed by atoms with van der Waals surface area (Å²) >= 11 is 0. The first-order chi connectivity index (χ1) is 9.60. The van der Waals surface area contributed by atoms with Gasteiger partial charge in [-0.1, -0.05) is 19.1 Å². The van der Waals surface area contributed by atoms with Crippen molar-refractivity contribution in [3.05, 3.63) is 24.3 Å². The lowest BCUT2D eigenvalue weighted by Crippen LogP contribution is -2.41. The van der Waals surface area contributed by atoms with Gasteiger partial charge in [0.25, 0.3) is 0 Å². The number of likely N-dealkylation sites (N-methyl/N-ethyl adjacent to an activating group) is 1. The Hall–Kier alpha value is -1.75. The quantitative estimate of drug-likeness (QED) is 0.766. The van der Waals surface area contributed by atoms with Crippen molar-refractivity contribution >= 4 is 5.97 Å². The summed E-state index contributed by atoms with van der Waals surface area (Å²) in [5, 5.41) is 0. The van der Waals surface area contributed by atoms with Gasteiger partial charge in [0.2, 0.25) is 0 Å². The molecule has 1 aliphatic rings. The van der Waals surface area contributed by atoms with E-state index in [9.17, 15) is 4.79 Å². The second-order valence-corrected chi connectivity index (χ2v) is 5.14. The molecule has 110 valence electrons. The van der Waals surface area contributed by atoms with Gasteiger partial charge in [-0.25, -0.2) is 0 Å². The molecule has 0 radical (unpaired) electrons. The van der Waals surface area contributed by atoms with Crippen LogP contribution >= 0.6 is 0 Å². The molecule has 0 amide bonds. The third kappa shape index (κ3) is 3.63. The molecule has 0 aliphatic carbocycles. The normalized spacial score (nSPS) is 18.7. The van der Waals surface area contributed by atoms with Gasteiger partial charge in [-0.2, -0.15) is 0 Å². The zero-order chi connectivity index (χ0) is 14.5. The molecule has 20 heavy (non-hydrogen) atoms. The van der Waals surface area contributed by atoms with Gasteiger partial charge in [0.1, 0.15) is 12.7 Å². The molecule has 0 fully saturated rings. The van der Waals surface area contributed by atoms with E-state index >= 15 is 0 Å². The van der Waals surface area contributed by atoms with Crippen LogP contribution in [0.4, 0.5) is 0 Å². The molecule has 0 saturated carbocycles. The average molecular weight is 279 g/mol. The zero-order valence-electron chi connectivity index (χ0n) is 12.2. The van der Waals surface area contributed by atoms with Crippen LogP contribution in [0, 0.1) is 5.92 Å². The minimum Gasteiger partial charge on any atom is -0.486 e. The molecular weight excluding hydrogens is 258 g/mol. The van der Waals surface area contributed by atoms with E-state index in [0.717, 1.165) is 11.5 Å². The number of hydrogen-bond acceptors (Lipinski definition) is 5. The fraction of sp³-hybridized carbons (Fsp3) is 0.533. The Morgan fingerprint density at radius 3 is 2.85 bits per heavy atom. The first-order valence-electron chi connectivity index (χ1n) is 6.75. The molecule has 0 saturated heterocycles. The number of hydrogen-bond donors (Lipinski definition) is 0. The zero-order valence-corrected chi connectivity index (χ0v) is 12.2. The van der Waals surface area contributed by atoms with Crippen molar-refractivity contribution in [2.75, 3.05) is 33.9 Å². The summed E-state index contributed by atoms with van der Waals surface area (Å²) in [7, 11) is 3.37. The van der Waals surface area contributed by atoms with Crippen LogP contribution in [0.1, 0.15) is 6.92 Å². The maximum absolute atomic E-state index is 11.4. The molecule has 0 spiro atoms. The van der Waals surface area contributed by atoms with Crippen LogP contribution in [0.2, 0.25) is 0 Å². The number of nitrogens with zero attached hydrogens (tertiary/aromatic N) is 1. The van der Waals surface area contributed by atoms with Gasteiger partial charge in [0.05, 0.1) is 13.0 Å². The Morgan fingerprint density at radius 1 is 1.45 bits per heavy atom.